The van der Waals surface area contributed by atoms with Crippen molar-refractivity contribution < 1.29 is 9.53 Å². The molecule has 0 aliphatic heterocycles. The highest BCUT2D eigenvalue weighted by molar-refractivity contribution is 6.33. The molecule has 1 amide bonds. The van der Waals surface area contributed by atoms with E-state index in [0.29, 0.717) is 10.8 Å². The van der Waals surface area contributed by atoms with E-state index in [2.05, 4.69) is 9.97 Å². The average molecular weight is 292 g/mol. The maximum absolute atomic E-state index is 11.3. The Kier molecular flexibility index (Phi) is 4.20. The molecule has 0 spiro atoms. The van der Waals surface area contributed by atoms with Crippen LogP contribution in [0.25, 0.3) is 11.4 Å². The van der Waals surface area contributed by atoms with Gasteiger partial charge in [-0.15, -0.1) is 0 Å². The maximum Gasteiger partial charge on any atom is 0.255 e. The summed E-state index contributed by atoms with van der Waals surface area (Å²) >= 11 is 6.23. The van der Waals surface area contributed by atoms with E-state index >= 15 is 0 Å². The number of aryl methyl sites for hydroxylation is 1. The predicted molar refractivity (Wildman–Crippen MR) is 76.9 cm³/mol. The van der Waals surface area contributed by atoms with Gasteiger partial charge in [-0.2, -0.15) is 4.98 Å². The molecular weight excluding hydrogens is 278 g/mol. The molecule has 2 aromatic rings. The third kappa shape index (κ3) is 2.58. The van der Waals surface area contributed by atoms with Crippen molar-refractivity contribution in [1.29, 1.82) is 0 Å². The first-order chi connectivity index (χ1) is 9.58. The maximum atomic E-state index is 11.3. The summed E-state index contributed by atoms with van der Waals surface area (Å²) in [5.41, 5.74) is 7.14. The number of aromatic nitrogens is 2. The van der Waals surface area contributed by atoms with E-state index < -0.39 is 5.91 Å². The summed E-state index contributed by atoms with van der Waals surface area (Å²) in [4.78, 5) is 19.7. The number of rotatable bonds is 4. The summed E-state index contributed by atoms with van der Waals surface area (Å²) in [5.74, 6) is -0.0814. The minimum atomic E-state index is -0.636. The third-order valence-electron chi connectivity index (χ3n) is 2.92. The van der Waals surface area contributed by atoms with E-state index in [1.807, 2.05) is 19.1 Å². The van der Waals surface area contributed by atoms with Crippen LogP contribution in [0.3, 0.4) is 0 Å². The second-order valence-corrected chi connectivity index (χ2v) is 4.52. The highest BCUT2D eigenvalue weighted by atomic mass is 35.5. The van der Waals surface area contributed by atoms with Gasteiger partial charge in [-0.05, 0) is 18.1 Å². The molecule has 1 heterocycles. The van der Waals surface area contributed by atoms with E-state index in [1.54, 1.807) is 6.07 Å². The van der Waals surface area contributed by atoms with Crippen LogP contribution < -0.4 is 10.5 Å². The lowest BCUT2D eigenvalue weighted by Gasteiger charge is -2.11. The minimum absolute atomic E-state index is 0.140. The molecular formula is C14H14ClN3O2. The number of amides is 1. The molecule has 2 rings (SSSR count). The topological polar surface area (TPSA) is 78.1 Å². The standard InChI is InChI=1S/C14H14ClN3O2/c1-3-8-5-4-6-10(15)11(8)13-17-7-9(12(16)19)14(18-13)20-2/h4-7H,3H2,1-2H3,(H2,16,19). The number of hydrogen-bond donors (Lipinski definition) is 1. The van der Waals surface area contributed by atoms with Crippen molar-refractivity contribution >= 4 is 17.5 Å². The zero-order valence-corrected chi connectivity index (χ0v) is 11.9. The molecule has 0 radical (unpaired) electrons. The highest BCUT2D eigenvalue weighted by Crippen LogP contribution is 2.30. The van der Waals surface area contributed by atoms with Crippen LogP contribution in [0, 0.1) is 0 Å². The normalized spacial score (nSPS) is 10.3. The Labute approximate surface area is 121 Å². The smallest absolute Gasteiger partial charge is 0.255 e. The third-order valence-corrected chi connectivity index (χ3v) is 3.23. The summed E-state index contributed by atoms with van der Waals surface area (Å²) in [6.07, 6.45) is 2.14. The molecule has 2 N–H and O–H groups in total. The van der Waals surface area contributed by atoms with Gasteiger partial charge in [0.2, 0.25) is 5.88 Å². The molecule has 0 saturated carbocycles. The number of carbonyl (C=O) groups excluding carboxylic acids is 1. The van der Waals surface area contributed by atoms with E-state index in [-0.39, 0.29) is 11.4 Å². The molecule has 0 aliphatic rings. The SMILES string of the molecule is CCc1cccc(Cl)c1-c1ncc(C(N)=O)c(OC)n1. The Morgan fingerprint density at radius 3 is 2.80 bits per heavy atom. The number of nitrogens with zero attached hydrogens (tertiary/aromatic N) is 2. The lowest BCUT2D eigenvalue weighted by Crippen LogP contribution is -2.14. The van der Waals surface area contributed by atoms with Gasteiger partial charge >= 0.3 is 0 Å². The van der Waals surface area contributed by atoms with Gasteiger partial charge in [-0.1, -0.05) is 30.7 Å². The molecule has 0 atom stereocenters. The van der Waals surface area contributed by atoms with Crippen LogP contribution in [-0.2, 0) is 6.42 Å². The molecule has 0 bridgehead atoms. The van der Waals surface area contributed by atoms with E-state index in [9.17, 15) is 4.79 Å². The van der Waals surface area contributed by atoms with Crippen molar-refractivity contribution in [1.82, 2.24) is 9.97 Å². The number of methoxy groups -OCH3 is 1. The molecule has 6 heteroatoms. The van der Waals surface area contributed by atoms with Gasteiger partial charge in [0.1, 0.15) is 5.56 Å². The Morgan fingerprint density at radius 2 is 2.20 bits per heavy atom. The monoisotopic (exact) mass is 291 g/mol. The second-order valence-electron chi connectivity index (χ2n) is 4.11. The van der Waals surface area contributed by atoms with E-state index in [0.717, 1.165) is 17.5 Å². The van der Waals surface area contributed by atoms with Crippen molar-refractivity contribution in [3.63, 3.8) is 0 Å². The number of benzene rings is 1. The van der Waals surface area contributed by atoms with Crippen molar-refractivity contribution in [2.75, 3.05) is 7.11 Å². The van der Waals surface area contributed by atoms with Gasteiger partial charge in [0.05, 0.1) is 12.1 Å². The summed E-state index contributed by atoms with van der Waals surface area (Å²) < 4.78 is 5.09. The first kappa shape index (κ1) is 14.3. The number of primary amides is 1. The lowest BCUT2D eigenvalue weighted by molar-refractivity contribution is 0.0996. The number of carbonyl (C=O) groups is 1. The number of ether oxygens (including phenoxy) is 1. The molecule has 5 nitrogen and oxygen atoms in total. The summed E-state index contributed by atoms with van der Waals surface area (Å²) in [7, 11) is 1.42. The fourth-order valence-electron chi connectivity index (χ4n) is 1.93. The zero-order valence-electron chi connectivity index (χ0n) is 11.2. The van der Waals surface area contributed by atoms with Crippen molar-refractivity contribution in [2.24, 2.45) is 5.73 Å². The molecule has 0 saturated heterocycles. The van der Waals surface area contributed by atoms with Crippen LogP contribution in [0.2, 0.25) is 5.02 Å². The summed E-state index contributed by atoms with van der Waals surface area (Å²) in [5, 5.41) is 0.554. The summed E-state index contributed by atoms with van der Waals surface area (Å²) in [6.45, 7) is 2.02. The van der Waals surface area contributed by atoms with Crippen LogP contribution in [-0.4, -0.2) is 23.0 Å². The first-order valence-electron chi connectivity index (χ1n) is 6.07. The van der Waals surface area contributed by atoms with Gasteiger partial charge < -0.3 is 10.5 Å². The van der Waals surface area contributed by atoms with Crippen molar-refractivity contribution in [2.45, 2.75) is 13.3 Å². The van der Waals surface area contributed by atoms with Crippen molar-refractivity contribution in [3.8, 4) is 17.3 Å². The molecule has 0 fully saturated rings. The Balaban J connectivity index is 2.62. The average Bonchev–Trinajstić information content (AvgIpc) is 2.46. The predicted octanol–water partition coefficient (Wildman–Crippen LogP) is 2.47. The first-order valence-corrected chi connectivity index (χ1v) is 6.44. The van der Waals surface area contributed by atoms with Crippen LogP contribution in [0.4, 0.5) is 0 Å². The lowest BCUT2D eigenvalue weighted by atomic mass is 10.0. The van der Waals surface area contributed by atoms with Crippen LogP contribution in [0.15, 0.2) is 24.4 Å². The van der Waals surface area contributed by atoms with E-state index in [4.69, 9.17) is 22.1 Å². The quantitative estimate of drug-likeness (QED) is 0.938. The van der Waals surface area contributed by atoms with Crippen LogP contribution in [0.1, 0.15) is 22.8 Å². The number of hydrogen-bond acceptors (Lipinski definition) is 4. The Morgan fingerprint density at radius 1 is 1.45 bits per heavy atom. The molecule has 104 valence electrons. The van der Waals surface area contributed by atoms with Gasteiger partial charge in [-0.25, -0.2) is 4.98 Å². The molecule has 0 aliphatic carbocycles. The summed E-state index contributed by atoms with van der Waals surface area (Å²) in [6, 6.07) is 5.60. The zero-order chi connectivity index (χ0) is 14.7. The van der Waals surface area contributed by atoms with Gasteiger partial charge in [0.15, 0.2) is 5.82 Å². The fraction of sp³-hybridized carbons (Fsp3) is 0.214. The molecule has 1 aromatic heterocycles. The van der Waals surface area contributed by atoms with Gasteiger partial charge in [0.25, 0.3) is 5.91 Å². The fourth-order valence-corrected chi connectivity index (χ4v) is 2.20. The molecule has 20 heavy (non-hydrogen) atoms. The minimum Gasteiger partial charge on any atom is -0.480 e. The largest absolute Gasteiger partial charge is 0.480 e. The van der Waals surface area contributed by atoms with Crippen LogP contribution >= 0.6 is 11.6 Å². The van der Waals surface area contributed by atoms with Crippen LogP contribution in [0.5, 0.6) is 5.88 Å². The van der Waals surface area contributed by atoms with Gasteiger partial charge in [0, 0.05) is 11.8 Å². The highest BCUT2D eigenvalue weighted by Gasteiger charge is 2.16. The van der Waals surface area contributed by atoms with Crippen molar-refractivity contribution in [3.05, 3.63) is 40.5 Å². The van der Waals surface area contributed by atoms with Gasteiger partial charge in [-0.3, -0.25) is 4.79 Å². The second kappa shape index (κ2) is 5.88. The van der Waals surface area contributed by atoms with E-state index in [1.165, 1.54) is 13.3 Å². The molecule has 1 aromatic carbocycles. The molecule has 0 unspecified atom stereocenters. The number of halogens is 1. The number of nitrogens with two attached hydrogens (primary N) is 1. The Bertz CT molecular complexity index is 659. The Hall–Kier alpha value is -2.14.